The number of anilines is 1. The molecule has 4 rings (SSSR count). The summed E-state index contributed by atoms with van der Waals surface area (Å²) in [5, 5.41) is 3.24. The van der Waals surface area contributed by atoms with E-state index in [2.05, 4.69) is 10.3 Å². The van der Waals surface area contributed by atoms with E-state index in [4.69, 9.17) is 9.47 Å². The number of benzene rings is 3. The third-order valence-electron chi connectivity index (χ3n) is 5.06. The van der Waals surface area contributed by atoms with Crippen molar-refractivity contribution in [3.8, 4) is 5.75 Å². The number of methoxy groups -OCH3 is 1. The highest BCUT2D eigenvalue weighted by atomic mass is 32.2. The zero-order chi connectivity index (χ0) is 25.3. The summed E-state index contributed by atoms with van der Waals surface area (Å²) in [5.41, 5.74) is 2.06. The Hall–Kier alpha value is -3.95. The van der Waals surface area contributed by atoms with Crippen molar-refractivity contribution in [2.75, 3.05) is 32.2 Å². The van der Waals surface area contributed by atoms with Crippen LogP contribution in [-0.2, 0) is 14.3 Å². The molecule has 9 heteroatoms. The van der Waals surface area contributed by atoms with Gasteiger partial charge in [0, 0.05) is 12.8 Å². The van der Waals surface area contributed by atoms with Crippen molar-refractivity contribution in [1.82, 2.24) is 4.90 Å². The van der Waals surface area contributed by atoms with Gasteiger partial charge >= 0.3 is 0 Å². The standard InChI is InChI=1S/C27H24FN3O4S/c1-34-16-15-31-26(33)24(36-27(31)30-21-5-3-2-4-6-21)17-19-7-13-23(14-8-19)35-18-25(32)29-22-11-9-20(28)10-12-22/h2-14,17H,15-16,18H2,1H3,(H,29,32). The minimum Gasteiger partial charge on any atom is -0.484 e. The number of ether oxygens (including phenoxy) is 2. The number of aliphatic imine (C=N–C) groups is 1. The smallest absolute Gasteiger partial charge is 0.266 e. The van der Waals surface area contributed by atoms with E-state index in [9.17, 15) is 14.0 Å². The average molecular weight is 506 g/mol. The Bertz CT molecular complexity index is 1260. The van der Waals surface area contributed by atoms with E-state index < -0.39 is 0 Å². The number of rotatable bonds is 9. The van der Waals surface area contributed by atoms with Crippen LogP contribution in [0.15, 0.2) is 88.8 Å². The lowest BCUT2D eigenvalue weighted by Gasteiger charge is -2.14. The second-order valence-corrected chi connectivity index (χ2v) is 8.71. The van der Waals surface area contributed by atoms with Gasteiger partial charge in [0.15, 0.2) is 11.8 Å². The number of nitrogens with zero attached hydrogens (tertiary/aromatic N) is 2. The van der Waals surface area contributed by atoms with E-state index >= 15 is 0 Å². The normalized spacial score (nSPS) is 15.5. The first-order chi connectivity index (χ1) is 17.5. The fourth-order valence-electron chi connectivity index (χ4n) is 3.27. The molecule has 0 aliphatic carbocycles. The third kappa shape index (κ3) is 6.80. The maximum Gasteiger partial charge on any atom is 0.266 e. The first kappa shape index (κ1) is 25.2. The highest BCUT2D eigenvalue weighted by Crippen LogP contribution is 2.34. The predicted molar refractivity (Wildman–Crippen MR) is 140 cm³/mol. The Kier molecular flexibility index (Phi) is 8.48. The van der Waals surface area contributed by atoms with Crippen LogP contribution in [0, 0.1) is 5.82 Å². The number of amidine groups is 1. The number of thioether (sulfide) groups is 1. The summed E-state index contributed by atoms with van der Waals surface area (Å²) in [6.07, 6.45) is 1.80. The molecule has 0 spiro atoms. The van der Waals surface area contributed by atoms with Crippen LogP contribution in [0.3, 0.4) is 0 Å². The molecule has 1 saturated heterocycles. The lowest BCUT2D eigenvalue weighted by Crippen LogP contribution is -2.32. The Morgan fingerprint density at radius 1 is 1.06 bits per heavy atom. The van der Waals surface area contributed by atoms with E-state index in [0.717, 1.165) is 11.3 Å². The zero-order valence-electron chi connectivity index (χ0n) is 19.5. The van der Waals surface area contributed by atoms with Crippen molar-refractivity contribution in [1.29, 1.82) is 0 Å². The molecule has 1 aliphatic rings. The molecule has 7 nitrogen and oxygen atoms in total. The minimum atomic E-state index is -0.376. The van der Waals surface area contributed by atoms with Crippen LogP contribution < -0.4 is 10.1 Å². The Morgan fingerprint density at radius 3 is 2.47 bits per heavy atom. The van der Waals surface area contributed by atoms with E-state index in [0.29, 0.717) is 34.7 Å². The summed E-state index contributed by atoms with van der Waals surface area (Å²) in [6.45, 7) is 0.603. The Morgan fingerprint density at radius 2 is 1.78 bits per heavy atom. The van der Waals surface area contributed by atoms with E-state index in [-0.39, 0.29) is 24.2 Å². The highest BCUT2D eigenvalue weighted by molar-refractivity contribution is 8.18. The molecule has 0 atom stereocenters. The number of carbonyl (C=O) groups is 2. The van der Waals surface area contributed by atoms with E-state index in [1.807, 2.05) is 30.3 Å². The van der Waals surface area contributed by atoms with Gasteiger partial charge in [-0.25, -0.2) is 9.38 Å². The third-order valence-corrected chi connectivity index (χ3v) is 6.07. The van der Waals surface area contributed by atoms with Gasteiger partial charge in [-0.15, -0.1) is 0 Å². The van der Waals surface area contributed by atoms with Gasteiger partial charge in [0.2, 0.25) is 0 Å². The van der Waals surface area contributed by atoms with Crippen molar-refractivity contribution in [2.24, 2.45) is 4.99 Å². The number of hydrogen-bond acceptors (Lipinski definition) is 6. The summed E-state index contributed by atoms with van der Waals surface area (Å²) in [6, 6.07) is 22.0. The number of halogens is 1. The van der Waals surface area contributed by atoms with Crippen LogP contribution in [0.2, 0.25) is 0 Å². The van der Waals surface area contributed by atoms with Crippen molar-refractivity contribution in [3.05, 3.63) is 95.1 Å². The second-order valence-electron chi connectivity index (χ2n) is 7.70. The summed E-state index contributed by atoms with van der Waals surface area (Å²) in [5.74, 6) is -0.365. The molecule has 0 aromatic heterocycles. The molecule has 36 heavy (non-hydrogen) atoms. The fourth-order valence-corrected chi connectivity index (χ4v) is 4.30. The van der Waals surface area contributed by atoms with Crippen LogP contribution >= 0.6 is 11.8 Å². The van der Waals surface area contributed by atoms with Crippen LogP contribution in [-0.4, -0.2) is 48.8 Å². The molecule has 3 aromatic rings. The lowest BCUT2D eigenvalue weighted by molar-refractivity contribution is -0.122. The number of amides is 2. The van der Waals surface area contributed by atoms with Gasteiger partial charge < -0.3 is 14.8 Å². The monoisotopic (exact) mass is 505 g/mol. The van der Waals surface area contributed by atoms with Crippen LogP contribution in [0.1, 0.15) is 5.56 Å². The van der Waals surface area contributed by atoms with E-state index in [1.54, 1.807) is 42.4 Å². The first-order valence-corrected chi connectivity index (χ1v) is 12.0. The van der Waals surface area contributed by atoms with Gasteiger partial charge in [-0.2, -0.15) is 0 Å². The zero-order valence-corrected chi connectivity index (χ0v) is 20.3. The molecule has 0 radical (unpaired) electrons. The molecule has 1 N–H and O–H groups in total. The summed E-state index contributed by atoms with van der Waals surface area (Å²) < 4.78 is 23.7. The van der Waals surface area contributed by atoms with Crippen molar-refractivity contribution in [3.63, 3.8) is 0 Å². The summed E-state index contributed by atoms with van der Waals surface area (Å²) in [7, 11) is 1.59. The Balaban J connectivity index is 1.40. The molecule has 1 fully saturated rings. The quantitative estimate of drug-likeness (QED) is 0.410. The van der Waals surface area contributed by atoms with Crippen molar-refractivity contribution in [2.45, 2.75) is 0 Å². The summed E-state index contributed by atoms with van der Waals surface area (Å²) in [4.78, 5) is 31.9. The average Bonchev–Trinajstić information content (AvgIpc) is 3.17. The van der Waals surface area contributed by atoms with Crippen molar-refractivity contribution >= 4 is 46.2 Å². The van der Waals surface area contributed by atoms with Gasteiger partial charge in [0.25, 0.3) is 11.8 Å². The van der Waals surface area contributed by atoms with Gasteiger partial charge in [0.05, 0.1) is 23.7 Å². The molecule has 184 valence electrons. The highest BCUT2D eigenvalue weighted by Gasteiger charge is 2.33. The fraction of sp³-hybridized carbons (Fsp3) is 0.148. The molecule has 2 amide bonds. The maximum absolute atomic E-state index is 13.0. The molecule has 3 aromatic carbocycles. The number of carbonyl (C=O) groups excluding carboxylic acids is 2. The molecule has 0 saturated carbocycles. The Labute approximate surface area is 212 Å². The number of nitrogens with one attached hydrogen (secondary N) is 1. The van der Waals surface area contributed by atoms with Crippen LogP contribution in [0.25, 0.3) is 6.08 Å². The number of hydrogen-bond donors (Lipinski definition) is 1. The van der Waals surface area contributed by atoms with Gasteiger partial charge in [-0.3, -0.25) is 14.5 Å². The second kappa shape index (κ2) is 12.1. The molecular weight excluding hydrogens is 481 g/mol. The molecule has 0 bridgehead atoms. The lowest BCUT2D eigenvalue weighted by atomic mass is 10.2. The van der Waals surface area contributed by atoms with Gasteiger partial charge in [-0.1, -0.05) is 30.3 Å². The van der Waals surface area contributed by atoms with Gasteiger partial charge in [-0.05, 0) is 71.9 Å². The first-order valence-electron chi connectivity index (χ1n) is 11.1. The molecule has 1 heterocycles. The minimum absolute atomic E-state index is 0.135. The predicted octanol–water partition coefficient (Wildman–Crippen LogP) is 5.09. The van der Waals surface area contributed by atoms with E-state index in [1.165, 1.54) is 36.0 Å². The molecule has 1 aliphatic heterocycles. The molecular formula is C27H24FN3O4S. The largest absolute Gasteiger partial charge is 0.484 e. The van der Waals surface area contributed by atoms with Crippen LogP contribution in [0.4, 0.5) is 15.8 Å². The number of para-hydroxylation sites is 1. The summed E-state index contributed by atoms with van der Waals surface area (Å²) >= 11 is 1.31. The maximum atomic E-state index is 13.0. The molecule has 0 unspecified atom stereocenters. The SMILES string of the molecule is COCCN1C(=O)C(=Cc2ccc(OCC(=O)Nc3ccc(F)cc3)cc2)SC1=Nc1ccccc1. The van der Waals surface area contributed by atoms with Crippen molar-refractivity contribution < 1.29 is 23.5 Å². The van der Waals surface area contributed by atoms with Gasteiger partial charge in [0.1, 0.15) is 11.6 Å². The topological polar surface area (TPSA) is 80.2 Å². The van der Waals surface area contributed by atoms with Crippen LogP contribution in [0.5, 0.6) is 5.75 Å².